The number of ether oxygens (including phenoxy) is 1. The van der Waals surface area contributed by atoms with Gasteiger partial charge in [0.1, 0.15) is 0 Å². The van der Waals surface area contributed by atoms with E-state index in [0.717, 1.165) is 13.1 Å². The lowest BCUT2D eigenvalue weighted by Crippen LogP contribution is -2.35. The molecule has 1 unspecified atom stereocenters. The predicted octanol–water partition coefficient (Wildman–Crippen LogP) is 0.433. The zero-order valence-electron chi connectivity index (χ0n) is 6.10. The Hall–Kier alpha value is 0.270. The number of hydrogen-bond acceptors (Lipinski definition) is 3. The highest BCUT2D eigenvalue weighted by atomic mass is 35.5. The molecule has 0 bridgehead atoms. The van der Waals surface area contributed by atoms with E-state index in [2.05, 4.69) is 0 Å². The Morgan fingerprint density at radius 1 is 1.45 bits per heavy atom. The Balaban J connectivity index is 0.000001000. The average Bonchev–Trinajstić information content (AvgIpc) is 1.88. The maximum Gasteiger partial charge on any atom is 0.521 e. The molecule has 0 radical (unpaired) electrons. The molecule has 1 N–H and O–H groups in total. The zero-order chi connectivity index (χ0) is 7.40. The van der Waals surface area contributed by atoms with E-state index in [-0.39, 0.29) is 12.4 Å². The molecule has 4 nitrogen and oxygen atoms in total. The van der Waals surface area contributed by atoms with Gasteiger partial charge in [-0.25, -0.2) is 0 Å². The molecule has 1 fully saturated rings. The van der Waals surface area contributed by atoms with Gasteiger partial charge in [-0.1, -0.05) is 0 Å². The molecule has 6 heteroatoms. The van der Waals surface area contributed by atoms with Crippen molar-refractivity contribution in [3.63, 3.8) is 0 Å². The minimum absolute atomic E-state index is 0. The zero-order valence-corrected chi connectivity index (χ0v) is 7.81. The van der Waals surface area contributed by atoms with Gasteiger partial charge in [0.2, 0.25) is 6.29 Å². The van der Waals surface area contributed by atoms with Crippen LogP contribution in [0.3, 0.4) is 0 Å². The minimum atomic E-state index is -2.00. The molecule has 0 aliphatic carbocycles. The summed E-state index contributed by atoms with van der Waals surface area (Å²) >= 11 is 0. The van der Waals surface area contributed by atoms with Gasteiger partial charge in [-0.15, -0.1) is 12.4 Å². The molecule has 66 valence electrons. The van der Waals surface area contributed by atoms with Crippen molar-refractivity contribution in [3.8, 4) is 0 Å². The standard InChI is InChI=1S/C5H10NO3P.ClH/c7-10(8)5-6-1-3-9-4-2-6;/h1-5H2;1H/p+1. The number of hydrogen-bond donors (Lipinski definition) is 1. The fraction of sp³-hybridized carbons (Fsp3) is 1.00. The van der Waals surface area contributed by atoms with Crippen molar-refractivity contribution >= 4 is 20.4 Å². The molecule has 0 aromatic rings. The van der Waals surface area contributed by atoms with E-state index in [9.17, 15) is 4.57 Å². The van der Waals surface area contributed by atoms with Crippen LogP contribution in [0.25, 0.3) is 0 Å². The van der Waals surface area contributed by atoms with E-state index >= 15 is 0 Å². The van der Waals surface area contributed by atoms with Crippen molar-refractivity contribution in [1.82, 2.24) is 4.90 Å². The third-order valence-electron chi connectivity index (χ3n) is 1.42. The topological polar surface area (TPSA) is 49.8 Å². The van der Waals surface area contributed by atoms with Crippen molar-refractivity contribution in [2.24, 2.45) is 0 Å². The molecule has 0 spiro atoms. The van der Waals surface area contributed by atoms with E-state index in [0.29, 0.717) is 19.5 Å². The second-order valence-electron chi connectivity index (χ2n) is 2.22. The van der Waals surface area contributed by atoms with Gasteiger partial charge in [0.25, 0.3) is 0 Å². The Kier molecular flexibility index (Phi) is 6.01. The molecule has 1 heterocycles. The van der Waals surface area contributed by atoms with E-state index in [1.807, 2.05) is 4.90 Å². The Morgan fingerprint density at radius 2 is 2.00 bits per heavy atom. The number of rotatable bonds is 2. The summed E-state index contributed by atoms with van der Waals surface area (Å²) in [4.78, 5) is 10.5. The van der Waals surface area contributed by atoms with Gasteiger partial charge in [-0.2, -0.15) is 4.89 Å². The largest absolute Gasteiger partial charge is 0.521 e. The highest BCUT2D eigenvalue weighted by molar-refractivity contribution is 7.37. The smallest absolute Gasteiger partial charge is 0.379 e. The highest BCUT2D eigenvalue weighted by Crippen LogP contribution is 2.15. The first-order valence-electron chi connectivity index (χ1n) is 3.22. The molecule has 0 amide bonds. The summed E-state index contributed by atoms with van der Waals surface area (Å²) in [6.07, 6.45) is 0.290. The van der Waals surface area contributed by atoms with Crippen LogP contribution in [-0.2, 0) is 9.30 Å². The number of nitrogens with zero attached hydrogens (tertiary/aromatic N) is 1. The second-order valence-corrected chi connectivity index (χ2v) is 3.21. The summed E-state index contributed by atoms with van der Waals surface area (Å²) in [5, 5.41) is 0. The molecule has 11 heavy (non-hydrogen) atoms. The molecule has 1 atom stereocenters. The molecule has 0 saturated carbocycles. The lowest BCUT2D eigenvalue weighted by atomic mass is 10.5. The molecular weight excluding hydrogens is 188 g/mol. The third kappa shape index (κ3) is 4.67. The Bertz CT molecular complexity index is 129. The van der Waals surface area contributed by atoms with Gasteiger partial charge in [-0.05, 0) is 4.57 Å². The maximum absolute atomic E-state index is 10.3. The normalized spacial score (nSPS) is 20.6. The first-order valence-corrected chi connectivity index (χ1v) is 4.62. The van der Waals surface area contributed by atoms with Crippen LogP contribution in [0.4, 0.5) is 0 Å². The summed E-state index contributed by atoms with van der Waals surface area (Å²) < 4.78 is 15.4. The van der Waals surface area contributed by atoms with Gasteiger partial charge in [0.15, 0.2) is 0 Å². The molecule has 1 rings (SSSR count). The lowest BCUT2D eigenvalue weighted by molar-refractivity contribution is 0.0458. The Morgan fingerprint density at radius 3 is 2.45 bits per heavy atom. The molecular formula is C5H12ClNO3P+. The molecule has 0 aromatic heterocycles. The quantitative estimate of drug-likeness (QED) is 0.657. The first-order chi connectivity index (χ1) is 4.79. The number of halogens is 1. The lowest BCUT2D eigenvalue weighted by Gasteiger charge is -2.21. The van der Waals surface area contributed by atoms with Crippen LogP contribution < -0.4 is 0 Å². The van der Waals surface area contributed by atoms with E-state index < -0.39 is 8.03 Å². The maximum atomic E-state index is 10.3. The van der Waals surface area contributed by atoms with Gasteiger partial charge < -0.3 is 4.74 Å². The van der Waals surface area contributed by atoms with Crippen LogP contribution in [0.5, 0.6) is 0 Å². The fourth-order valence-electron chi connectivity index (χ4n) is 0.914. The summed E-state index contributed by atoms with van der Waals surface area (Å²) in [6.45, 7) is 2.93. The van der Waals surface area contributed by atoms with Crippen LogP contribution in [0, 0.1) is 0 Å². The van der Waals surface area contributed by atoms with Crippen LogP contribution in [0.2, 0.25) is 0 Å². The second kappa shape index (κ2) is 5.86. The van der Waals surface area contributed by atoms with Gasteiger partial charge in [-0.3, -0.25) is 4.90 Å². The summed E-state index contributed by atoms with van der Waals surface area (Å²) in [5.41, 5.74) is 0. The molecule has 1 saturated heterocycles. The fourth-order valence-corrected chi connectivity index (χ4v) is 1.54. The van der Waals surface area contributed by atoms with Gasteiger partial charge in [0.05, 0.1) is 13.2 Å². The average molecular weight is 201 g/mol. The highest BCUT2D eigenvalue weighted by Gasteiger charge is 2.19. The summed E-state index contributed by atoms with van der Waals surface area (Å²) in [5.74, 6) is 0. The van der Waals surface area contributed by atoms with Crippen molar-refractivity contribution in [2.45, 2.75) is 0 Å². The van der Waals surface area contributed by atoms with Crippen LogP contribution in [0.1, 0.15) is 0 Å². The van der Waals surface area contributed by atoms with Crippen molar-refractivity contribution in [2.75, 3.05) is 32.6 Å². The molecule has 1 aliphatic heterocycles. The van der Waals surface area contributed by atoms with Crippen molar-refractivity contribution in [1.29, 1.82) is 0 Å². The van der Waals surface area contributed by atoms with E-state index in [1.165, 1.54) is 0 Å². The summed E-state index contributed by atoms with van der Waals surface area (Å²) in [7, 11) is -2.00. The third-order valence-corrected chi connectivity index (χ3v) is 2.07. The van der Waals surface area contributed by atoms with Crippen LogP contribution >= 0.6 is 20.4 Å². The number of morpholine rings is 1. The van der Waals surface area contributed by atoms with Crippen LogP contribution in [-0.4, -0.2) is 42.4 Å². The Labute approximate surface area is 72.8 Å². The summed E-state index contributed by atoms with van der Waals surface area (Å²) in [6, 6.07) is 0. The van der Waals surface area contributed by atoms with Crippen molar-refractivity contribution < 1.29 is 14.2 Å². The first kappa shape index (κ1) is 11.3. The minimum Gasteiger partial charge on any atom is -0.379 e. The monoisotopic (exact) mass is 200 g/mol. The van der Waals surface area contributed by atoms with Gasteiger partial charge >= 0.3 is 8.03 Å². The molecule has 1 aliphatic rings. The van der Waals surface area contributed by atoms with Crippen molar-refractivity contribution in [3.05, 3.63) is 0 Å². The molecule has 0 aromatic carbocycles. The van der Waals surface area contributed by atoms with Gasteiger partial charge in [0, 0.05) is 13.1 Å². The van der Waals surface area contributed by atoms with Crippen LogP contribution in [0.15, 0.2) is 0 Å². The van der Waals surface area contributed by atoms with E-state index in [1.54, 1.807) is 0 Å². The predicted molar refractivity (Wildman–Crippen MR) is 44.3 cm³/mol. The van der Waals surface area contributed by atoms with E-state index in [4.69, 9.17) is 9.63 Å². The SMILES string of the molecule is Cl.O=[P+](O)CN1CCOCC1.